The summed E-state index contributed by atoms with van der Waals surface area (Å²) in [5.41, 5.74) is 1.46. The molecule has 0 fully saturated rings. The number of nitrogens with one attached hydrogen (secondary N) is 2. The van der Waals surface area contributed by atoms with E-state index in [2.05, 4.69) is 20.6 Å². The molecule has 0 radical (unpaired) electrons. The number of carbonyl (C=O) groups excluding carboxylic acids is 1. The van der Waals surface area contributed by atoms with Crippen molar-refractivity contribution < 1.29 is 4.79 Å². The van der Waals surface area contributed by atoms with Crippen LogP contribution in [0, 0.1) is 0 Å². The first kappa shape index (κ1) is 17.5. The number of hydrogen-bond donors (Lipinski definition) is 2. The molecule has 8 heteroatoms. The Bertz CT molecular complexity index is 896. The molecule has 2 N–H and O–H groups in total. The fourth-order valence-electron chi connectivity index (χ4n) is 2.02. The molecule has 0 saturated carbocycles. The van der Waals surface area contributed by atoms with Gasteiger partial charge in [0.05, 0.1) is 16.3 Å². The fraction of sp³-hybridized carbons (Fsp3) is 0. The van der Waals surface area contributed by atoms with E-state index in [0.717, 1.165) is 0 Å². The third kappa shape index (κ3) is 4.60. The Labute approximate surface area is 159 Å². The number of amides is 1. The molecular weight excluding hydrogens is 383 g/mol. The van der Waals surface area contributed by atoms with Gasteiger partial charge >= 0.3 is 0 Å². The second kappa shape index (κ2) is 7.70. The standard InChI is InChI=1S/C17H11Cl3N4O/c18-11-5-12(19)7-13(6-11)23-17-21-8-10(9-22-17)16(25)24-15-4-2-1-3-14(15)20/h1-9H,(H,24,25)(H,21,22,23). The van der Waals surface area contributed by atoms with Crippen LogP contribution in [0.1, 0.15) is 10.4 Å². The molecular formula is C17H11Cl3N4O. The number of aromatic nitrogens is 2. The number of hydrogen-bond acceptors (Lipinski definition) is 4. The molecule has 0 unspecified atom stereocenters. The first-order valence-corrected chi connectivity index (χ1v) is 8.26. The first-order chi connectivity index (χ1) is 12.0. The molecule has 0 bridgehead atoms. The summed E-state index contributed by atoms with van der Waals surface area (Å²) in [5.74, 6) is -0.0434. The fourth-order valence-corrected chi connectivity index (χ4v) is 2.73. The molecule has 5 nitrogen and oxygen atoms in total. The highest BCUT2D eigenvalue weighted by molar-refractivity contribution is 6.35. The number of para-hydroxylation sites is 1. The van der Waals surface area contributed by atoms with Gasteiger partial charge in [0.25, 0.3) is 5.91 Å². The summed E-state index contributed by atoms with van der Waals surface area (Å²) >= 11 is 17.9. The number of halogens is 3. The van der Waals surface area contributed by atoms with Crippen molar-refractivity contribution in [2.24, 2.45) is 0 Å². The average molecular weight is 394 g/mol. The van der Waals surface area contributed by atoms with Crippen molar-refractivity contribution >= 4 is 58.0 Å². The summed E-state index contributed by atoms with van der Waals surface area (Å²) < 4.78 is 0. The molecule has 0 spiro atoms. The second-order valence-electron chi connectivity index (χ2n) is 5.01. The zero-order valence-corrected chi connectivity index (χ0v) is 14.9. The smallest absolute Gasteiger partial charge is 0.258 e. The van der Waals surface area contributed by atoms with E-state index in [4.69, 9.17) is 34.8 Å². The van der Waals surface area contributed by atoms with Crippen LogP contribution in [0.2, 0.25) is 15.1 Å². The van der Waals surface area contributed by atoms with Gasteiger partial charge in [-0.3, -0.25) is 4.79 Å². The Balaban J connectivity index is 1.71. The minimum atomic E-state index is -0.356. The predicted molar refractivity (Wildman–Crippen MR) is 101 cm³/mol. The summed E-state index contributed by atoms with van der Waals surface area (Å²) in [5, 5.41) is 7.11. The van der Waals surface area contributed by atoms with Crippen molar-refractivity contribution in [1.82, 2.24) is 9.97 Å². The minimum absolute atomic E-state index is 0.301. The van der Waals surface area contributed by atoms with Crippen molar-refractivity contribution in [3.05, 3.63) is 75.5 Å². The Hall–Kier alpha value is -2.34. The quantitative estimate of drug-likeness (QED) is 0.620. The summed E-state index contributed by atoms with van der Waals surface area (Å²) in [6.07, 6.45) is 2.82. The summed E-state index contributed by atoms with van der Waals surface area (Å²) in [4.78, 5) is 20.5. The topological polar surface area (TPSA) is 66.9 Å². The SMILES string of the molecule is O=C(Nc1ccccc1Cl)c1cnc(Nc2cc(Cl)cc(Cl)c2)nc1. The molecule has 2 aromatic carbocycles. The van der Waals surface area contributed by atoms with Gasteiger partial charge in [-0.05, 0) is 30.3 Å². The highest BCUT2D eigenvalue weighted by Gasteiger charge is 2.10. The zero-order valence-electron chi connectivity index (χ0n) is 12.6. The molecule has 0 aliphatic carbocycles. The molecule has 1 aromatic heterocycles. The summed E-state index contributed by atoms with van der Waals surface area (Å²) in [6.45, 7) is 0. The molecule has 25 heavy (non-hydrogen) atoms. The van der Waals surface area contributed by atoms with Gasteiger partial charge < -0.3 is 10.6 Å². The molecule has 1 amide bonds. The third-order valence-electron chi connectivity index (χ3n) is 3.15. The molecule has 3 aromatic rings. The van der Waals surface area contributed by atoms with Crippen LogP contribution in [0.25, 0.3) is 0 Å². The van der Waals surface area contributed by atoms with Gasteiger partial charge in [-0.1, -0.05) is 46.9 Å². The van der Waals surface area contributed by atoms with E-state index >= 15 is 0 Å². The van der Waals surface area contributed by atoms with Crippen molar-refractivity contribution in [2.75, 3.05) is 10.6 Å². The lowest BCUT2D eigenvalue weighted by Crippen LogP contribution is -2.13. The van der Waals surface area contributed by atoms with Gasteiger partial charge in [0.15, 0.2) is 0 Å². The van der Waals surface area contributed by atoms with Gasteiger partial charge in [-0.2, -0.15) is 0 Å². The Morgan fingerprint density at radius 3 is 2.20 bits per heavy atom. The van der Waals surface area contributed by atoms with E-state index in [1.165, 1.54) is 12.4 Å². The normalized spacial score (nSPS) is 10.4. The molecule has 3 rings (SSSR count). The van der Waals surface area contributed by atoms with Crippen LogP contribution >= 0.6 is 34.8 Å². The van der Waals surface area contributed by atoms with Crippen molar-refractivity contribution in [3.8, 4) is 0 Å². The minimum Gasteiger partial charge on any atom is -0.324 e. The monoisotopic (exact) mass is 392 g/mol. The lowest BCUT2D eigenvalue weighted by Gasteiger charge is -2.08. The van der Waals surface area contributed by atoms with Crippen LogP contribution in [0.3, 0.4) is 0 Å². The average Bonchev–Trinajstić information content (AvgIpc) is 2.56. The lowest BCUT2D eigenvalue weighted by atomic mass is 10.3. The number of carbonyl (C=O) groups is 1. The molecule has 1 heterocycles. The van der Waals surface area contributed by atoms with E-state index in [0.29, 0.717) is 38.0 Å². The Morgan fingerprint density at radius 1 is 0.920 bits per heavy atom. The maximum Gasteiger partial charge on any atom is 0.258 e. The Kier molecular flexibility index (Phi) is 5.38. The van der Waals surface area contributed by atoms with Gasteiger partial charge in [-0.25, -0.2) is 9.97 Å². The lowest BCUT2D eigenvalue weighted by molar-refractivity contribution is 0.102. The summed E-state index contributed by atoms with van der Waals surface area (Å²) in [6, 6.07) is 12.0. The highest BCUT2D eigenvalue weighted by Crippen LogP contribution is 2.24. The van der Waals surface area contributed by atoms with Gasteiger partial charge in [0, 0.05) is 28.1 Å². The number of nitrogens with zero attached hydrogens (tertiary/aromatic N) is 2. The Morgan fingerprint density at radius 2 is 1.56 bits per heavy atom. The van der Waals surface area contributed by atoms with Gasteiger partial charge in [0.2, 0.25) is 5.95 Å². The maximum atomic E-state index is 12.2. The highest BCUT2D eigenvalue weighted by atomic mass is 35.5. The van der Waals surface area contributed by atoms with Gasteiger partial charge in [0.1, 0.15) is 0 Å². The van der Waals surface area contributed by atoms with E-state index in [1.807, 2.05) is 0 Å². The van der Waals surface area contributed by atoms with E-state index in [-0.39, 0.29) is 5.91 Å². The second-order valence-corrected chi connectivity index (χ2v) is 6.29. The van der Waals surface area contributed by atoms with Crippen LogP contribution < -0.4 is 10.6 Å². The van der Waals surface area contributed by atoms with Crippen molar-refractivity contribution in [3.63, 3.8) is 0 Å². The van der Waals surface area contributed by atoms with Crippen LogP contribution in [0.5, 0.6) is 0 Å². The van der Waals surface area contributed by atoms with E-state index in [9.17, 15) is 4.79 Å². The molecule has 0 aliphatic heterocycles. The number of anilines is 3. The molecule has 126 valence electrons. The zero-order chi connectivity index (χ0) is 17.8. The van der Waals surface area contributed by atoms with E-state index in [1.54, 1.807) is 42.5 Å². The predicted octanol–water partition coefficient (Wildman–Crippen LogP) is 5.43. The number of benzene rings is 2. The van der Waals surface area contributed by atoms with Crippen molar-refractivity contribution in [1.29, 1.82) is 0 Å². The van der Waals surface area contributed by atoms with E-state index < -0.39 is 0 Å². The van der Waals surface area contributed by atoms with Crippen LogP contribution in [-0.2, 0) is 0 Å². The summed E-state index contributed by atoms with van der Waals surface area (Å²) in [7, 11) is 0. The van der Waals surface area contributed by atoms with Crippen LogP contribution in [0.15, 0.2) is 54.9 Å². The largest absolute Gasteiger partial charge is 0.324 e. The van der Waals surface area contributed by atoms with Crippen LogP contribution in [-0.4, -0.2) is 15.9 Å². The van der Waals surface area contributed by atoms with Gasteiger partial charge in [-0.15, -0.1) is 0 Å². The third-order valence-corrected chi connectivity index (χ3v) is 3.92. The molecule has 0 saturated heterocycles. The van der Waals surface area contributed by atoms with Crippen LogP contribution in [0.4, 0.5) is 17.3 Å². The first-order valence-electron chi connectivity index (χ1n) is 7.12. The maximum absolute atomic E-state index is 12.2. The molecule has 0 atom stereocenters. The molecule has 0 aliphatic rings. The van der Waals surface area contributed by atoms with Crippen molar-refractivity contribution in [2.45, 2.75) is 0 Å². The number of rotatable bonds is 4.